The van der Waals surface area contributed by atoms with Gasteiger partial charge in [-0.2, -0.15) is 0 Å². The molecule has 8 nitrogen and oxygen atoms in total. The lowest BCUT2D eigenvalue weighted by molar-refractivity contribution is 0.147. The van der Waals surface area contributed by atoms with Gasteiger partial charge in [0.25, 0.3) is 6.43 Å². The van der Waals surface area contributed by atoms with Crippen molar-refractivity contribution < 1.29 is 22.3 Å². The standard InChI is InChI=1S/C25H25F4N7O/c1-3-35-6-8-36(9-7-35)15-4-5-19(30-12-15)34-24-20(23(28)29)25(32-13-31-24)37-18-11-17(26)22-16(21(18)27)10-14(2)33-22/h4-5,10-13,23,33H,3,6-9H2,1-2H3,(H,30,31,32,34). The maximum absolute atomic E-state index is 15.0. The molecule has 1 aliphatic heterocycles. The summed E-state index contributed by atoms with van der Waals surface area (Å²) >= 11 is 0. The number of aryl methyl sites for hydroxylation is 1. The molecule has 0 aliphatic carbocycles. The summed E-state index contributed by atoms with van der Waals surface area (Å²) in [7, 11) is 0. The lowest BCUT2D eigenvalue weighted by Crippen LogP contribution is -2.46. The van der Waals surface area contributed by atoms with E-state index in [0.29, 0.717) is 5.69 Å². The summed E-state index contributed by atoms with van der Waals surface area (Å²) in [4.78, 5) is 19.3. The average Bonchev–Trinajstić information content (AvgIpc) is 3.30. The number of halogens is 4. The first-order valence-electron chi connectivity index (χ1n) is 11.8. The van der Waals surface area contributed by atoms with Gasteiger partial charge in [0.15, 0.2) is 17.4 Å². The number of nitrogens with one attached hydrogen (secondary N) is 2. The van der Waals surface area contributed by atoms with Crippen LogP contribution in [0.5, 0.6) is 11.6 Å². The molecule has 0 unspecified atom stereocenters. The van der Waals surface area contributed by atoms with E-state index in [0.717, 1.165) is 50.8 Å². The number of nitrogens with zero attached hydrogens (tertiary/aromatic N) is 5. The second kappa shape index (κ2) is 10.2. The number of aromatic nitrogens is 4. The summed E-state index contributed by atoms with van der Waals surface area (Å²) < 4.78 is 63.0. The fraction of sp³-hybridized carbons (Fsp3) is 0.320. The Morgan fingerprint density at radius 1 is 1.08 bits per heavy atom. The van der Waals surface area contributed by atoms with E-state index in [1.54, 1.807) is 19.2 Å². The highest BCUT2D eigenvalue weighted by Crippen LogP contribution is 2.38. The quantitative estimate of drug-likeness (QED) is 0.312. The number of benzene rings is 1. The van der Waals surface area contributed by atoms with E-state index in [1.807, 2.05) is 6.07 Å². The maximum atomic E-state index is 15.0. The molecule has 1 aliphatic rings. The average molecular weight is 516 g/mol. The summed E-state index contributed by atoms with van der Waals surface area (Å²) in [6, 6.07) is 5.71. The van der Waals surface area contributed by atoms with Crippen LogP contribution in [-0.2, 0) is 0 Å². The summed E-state index contributed by atoms with van der Waals surface area (Å²) in [5.41, 5.74) is 0.723. The molecular weight excluding hydrogens is 490 g/mol. The minimum atomic E-state index is -3.07. The van der Waals surface area contributed by atoms with Crippen molar-refractivity contribution in [1.82, 2.24) is 24.8 Å². The molecule has 1 aromatic carbocycles. The zero-order valence-corrected chi connectivity index (χ0v) is 20.2. The summed E-state index contributed by atoms with van der Waals surface area (Å²) in [5.74, 6) is -2.82. The van der Waals surface area contributed by atoms with Crippen LogP contribution in [0.25, 0.3) is 10.9 Å². The van der Waals surface area contributed by atoms with Gasteiger partial charge in [-0.25, -0.2) is 32.5 Å². The lowest BCUT2D eigenvalue weighted by atomic mass is 10.2. The number of hydrogen-bond acceptors (Lipinski definition) is 7. The van der Waals surface area contributed by atoms with E-state index < -0.39 is 35.3 Å². The number of likely N-dealkylation sites (N-methyl/N-ethyl adjacent to an activating group) is 1. The van der Waals surface area contributed by atoms with Gasteiger partial charge in [0.2, 0.25) is 5.88 Å². The molecule has 3 aromatic heterocycles. The molecule has 1 saturated heterocycles. The van der Waals surface area contributed by atoms with Crippen molar-refractivity contribution in [2.24, 2.45) is 0 Å². The molecule has 12 heteroatoms. The number of alkyl halides is 2. The first-order chi connectivity index (χ1) is 17.8. The molecule has 4 heterocycles. The van der Waals surface area contributed by atoms with Crippen LogP contribution in [0.15, 0.2) is 36.8 Å². The Kier molecular flexibility index (Phi) is 6.83. The molecule has 194 valence electrons. The number of rotatable bonds is 7. The Labute approximate surface area is 210 Å². The normalized spacial score (nSPS) is 14.5. The van der Waals surface area contributed by atoms with Gasteiger partial charge in [-0.15, -0.1) is 0 Å². The largest absolute Gasteiger partial charge is 0.435 e. The predicted octanol–water partition coefficient (Wildman–Crippen LogP) is 5.55. The maximum Gasteiger partial charge on any atom is 0.272 e. The Bertz CT molecular complexity index is 1400. The molecule has 0 spiro atoms. The van der Waals surface area contributed by atoms with E-state index in [4.69, 9.17) is 4.74 Å². The number of piperazine rings is 1. The Hall–Kier alpha value is -3.93. The third-order valence-corrected chi connectivity index (χ3v) is 6.35. The van der Waals surface area contributed by atoms with Gasteiger partial charge in [0.05, 0.1) is 17.4 Å². The van der Waals surface area contributed by atoms with Crippen molar-refractivity contribution in [2.45, 2.75) is 20.3 Å². The number of H-pyrrole nitrogens is 1. The van der Waals surface area contributed by atoms with Crippen LogP contribution in [0, 0.1) is 18.6 Å². The molecule has 0 atom stereocenters. The predicted molar refractivity (Wildman–Crippen MR) is 132 cm³/mol. The van der Waals surface area contributed by atoms with Crippen molar-refractivity contribution in [3.63, 3.8) is 0 Å². The number of anilines is 3. The molecule has 0 bridgehead atoms. The highest BCUT2D eigenvalue weighted by Gasteiger charge is 2.25. The van der Waals surface area contributed by atoms with Gasteiger partial charge in [0.1, 0.15) is 23.5 Å². The highest BCUT2D eigenvalue weighted by atomic mass is 19.3. The number of aromatic amines is 1. The molecular formula is C25H25F4N7O. The van der Waals surface area contributed by atoms with Gasteiger partial charge in [-0.3, -0.25) is 0 Å². The van der Waals surface area contributed by atoms with Crippen molar-refractivity contribution in [3.8, 4) is 11.6 Å². The van der Waals surface area contributed by atoms with Crippen LogP contribution in [0.4, 0.5) is 34.9 Å². The lowest BCUT2D eigenvalue weighted by Gasteiger charge is -2.35. The van der Waals surface area contributed by atoms with Gasteiger partial charge < -0.3 is 24.8 Å². The van der Waals surface area contributed by atoms with Gasteiger partial charge in [-0.1, -0.05) is 6.92 Å². The molecule has 2 N–H and O–H groups in total. The van der Waals surface area contributed by atoms with Crippen LogP contribution in [0.1, 0.15) is 24.6 Å². The minimum absolute atomic E-state index is 0.0387. The highest BCUT2D eigenvalue weighted by molar-refractivity contribution is 5.83. The molecule has 0 saturated carbocycles. The summed E-state index contributed by atoms with van der Waals surface area (Å²) in [6.07, 6.45) is -0.408. The first kappa shape index (κ1) is 24.8. The van der Waals surface area contributed by atoms with E-state index >= 15 is 0 Å². The Morgan fingerprint density at radius 2 is 1.86 bits per heavy atom. The van der Waals surface area contributed by atoms with Crippen LogP contribution in [-0.4, -0.2) is 57.6 Å². The van der Waals surface area contributed by atoms with Crippen LogP contribution in [0.2, 0.25) is 0 Å². The Morgan fingerprint density at radius 3 is 2.54 bits per heavy atom. The van der Waals surface area contributed by atoms with E-state index in [1.165, 1.54) is 6.07 Å². The number of ether oxygens (including phenoxy) is 1. The zero-order chi connectivity index (χ0) is 26.1. The Balaban J connectivity index is 1.39. The van der Waals surface area contributed by atoms with Gasteiger partial charge >= 0.3 is 0 Å². The number of fused-ring (bicyclic) bond motifs is 1. The molecule has 37 heavy (non-hydrogen) atoms. The minimum Gasteiger partial charge on any atom is -0.435 e. The first-order valence-corrected chi connectivity index (χ1v) is 11.8. The van der Waals surface area contributed by atoms with Crippen LogP contribution in [0.3, 0.4) is 0 Å². The molecule has 4 aromatic rings. The van der Waals surface area contributed by atoms with Crippen LogP contribution < -0.4 is 15.0 Å². The molecule has 5 rings (SSSR count). The number of pyridine rings is 1. The van der Waals surface area contributed by atoms with Crippen LogP contribution >= 0.6 is 0 Å². The summed E-state index contributed by atoms with van der Waals surface area (Å²) in [5, 5.41) is 2.71. The van der Waals surface area contributed by atoms with E-state index in [-0.39, 0.29) is 22.5 Å². The number of hydrogen-bond donors (Lipinski definition) is 2. The van der Waals surface area contributed by atoms with Crippen molar-refractivity contribution >= 4 is 28.2 Å². The van der Waals surface area contributed by atoms with Crippen molar-refractivity contribution in [2.75, 3.05) is 42.9 Å². The van der Waals surface area contributed by atoms with Crippen molar-refractivity contribution in [3.05, 3.63) is 59.7 Å². The monoisotopic (exact) mass is 515 g/mol. The smallest absolute Gasteiger partial charge is 0.272 e. The third kappa shape index (κ3) is 5.01. The fourth-order valence-corrected chi connectivity index (χ4v) is 4.36. The van der Waals surface area contributed by atoms with Gasteiger partial charge in [-0.05, 0) is 31.7 Å². The zero-order valence-electron chi connectivity index (χ0n) is 20.2. The third-order valence-electron chi connectivity index (χ3n) is 6.35. The van der Waals surface area contributed by atoms with Crippen molar-refractivity contribution in [1.29, 1.82) is 0 Å². The van der Waals surface area contributed by atoms with E-state index in [9.17, 15) is 17.6 Å². The second-order valence-corrected chi connectivity index (χ2v) is 8.70. The summed E-state index contributed by atoms with van der Waals surface area (Å²) in [6.45, 7) is 8.44. The molecule has 0 amide bonds. The SMILES string of the molecule is CCN1CCN(c2ccc(Nc3ncnc(Oc4cc(F)c5[nH]c(C)cc5c4F)c3C(F)F)nc2)CC1. The van der Waals surface area contributed by atoms with E-state index in [2.05, 4.69) is 42.0 Å². The topological polar surface area (TPSA) is 82.2 Å². The fourth-order valence-electron chi connectivity index (χ4n) is 4.36. The van der Waals surface area contributed by atoms with Gasteiger partial charge in [0, 0.05) is 43.3 Å². The molecule has 1 fully saturated rings. The molecule has 0 radical (unpaired) electrons. The second-order valence-electron chi connectivity index (χ2n) is 8.70.